The van der Waals surface area contributed by atoms with Gasteiger partial charge in [0.2, 0.25) is 11.7 Å². The first-order valence-electron chi connectivity index (χ1n) is 14.2. The maximum absolute atomic E-state index is 14.2. The third-order valence-electron chi connectivity index (χ3n) is 8.73. The fraction of sp³-hybridized carbons (Fsp3) is 0.452. The number of fused-ring (bicyclic) bond motifs is 3. The number of benzene rings is 2. The number of nitrogens with one attached hydrogen (secondary N) is 2. The van der Waals surface area contributed by atoms with Gasteiger partial charge < -0.3 is 34.2 Å². The minimum Gasteiger partial charge on any atom is -0.496 e. The van der Waals surface area contributed by atoms with Crippen LogP contribution in [0.3, 0.4) is 0 Å². The van der Waals surface area contributed by atoms with Gasteiger partial charge in [0.25, 0.3) is 11.8 Å². The van der Waals surface area contributed by atoms with E-state index < -0.39 is 23.2 Å². The molecule has 3 aliphatic rings. The van der Waals surface area contributed by atoms with Crippen molar-refractivity contribution >= 4 is 28.7 Å². The highest BCUT2D eigenvalue weighted by Crippen LogP contribution is 2.42. The summed E-state index contributed by atoms with van der Waals surface area (Å²) >= 11 is 0. The molecule has 1 aliphatic heterocycles. The molecule has 0 bridgehead atoms. The van der Waals surface area contributed by atoms with Gasteiger partial charge in [-0.05, 0) is 75.4 Å². The molecule has 2 fully saturated rings. The van der Waals surface area contributed by atoms with Crippen molar-refractivity contribution in [1.82, 2.24) is 15.5 Å². The van der Waals surface area contributed by atoms with Gasteiger partial charge in [-0.2, -0.15) is 0 Å². The molecule has 1 atom stereocenters. The summed E-state index contributed by atoms with van der Waals surface area (Å²) in [4.78, 5) is 42.3. The van der Waals surface area contributed by atoms with Crippen molar-refractivity contribution in [3.63, 3.8) is 0 Å². The molecule has 42 heavy (non-hydrogen) atoms. The molecular formula is C31H34FN3O7. The first-order valence-corrected chi connectivity index (χ1v) is 14.2. The zero-order chi connectivity index (χ0) is 29.6. The first-order chi connectivity index (χ1) is 20.2. The van der Waals surface area contributed by atoms with E-state index in [4.69, 9.17) is 18.6 Å². The quantitative estimate of drug-likeness (QED) is 0.415. The number of methoxy groups -OCH3 is 2. The van der Waals surface area contributed by atoms with Crippen LogP contribution in [0.15, 0.2) is 40.8 Å². The second-order valence-corrected chi connectivity index (χ2v) is 11.4. The topological polar surface area (TPSA) is 119 Å². The summed E-state index contributed by atoms with van der Waals surface area (Å²) in [6.45, 7) is 1.49. The number of ether oxygens (including phenoxy) is 3. The predicted octanol–water partition coefficient (Wildman–Crippen LogP) is 3.95. The van der Waals surface area contributed by atoms with Crippen molar-refractivity contribution in [3.05, 3.63) is 59.1 Å². The third kappa shape index (κ3) is 4.85. The molecule has 3 aromatic rings. The minimum absolute atomic E-state index is 0.0130. The highest BCUT2D eigenvalue weighted by atomic mass is 19.1. The van der Waals surface area contributed by atoms with E-state index in [9.17, 15) is 18.8 Å². The van der Waals surface area contributed by atoms with Gasteiger partial charge in [0.1, 0.15) is 23.8 Å². The number of nitrogens with zero attached hydrogens (tertiary/aromatic N) is 1. The third-order valence-corrected chi connectivity index (χ3v) is 8.73. The van der Waals surface area contributed by atoms with Gasteiger partial charge >= 0.3 is 0 Å². The van der Waals surface area contributed by atoms with Crippen LogP contribution in [0, 0.1) is 5.82 Å². The fourth-order valence-corrected chi connectivity index (χ4v) is 5.87. The van der Waals surface area contributed by atoms with Gasteiger partial charge in [0.05, 0.1) is 18.6 Å². The van der Waals surface area contributed by atoms with E-state index in [1.165, 1.54) is 30.2 Å². The van der Waals surface area contributed by atoms with Gasteiger partial charge in [0.15, 0.2) is 11.3 Å². The van der Waals surface area contributed by atoms with Crippen molar-refractivity contribution in [3.8, 4) is 11.5 Å². The summed E-state index contributed by atoms with van der Waals surface area (Å²) < 4.78 is 36.9. The zero-order valence-corrected chi connectivity index (χ0v) is 23.8. The summed E-state index contributed by atoms with van der Waals surface area (Å²) in [6, 6.07) is 8.95. The van der Waals surface area contributed by atoms with Crippen LogP contribution in [0.5, 0.6) is 11.5 Å². The molecule has 3 amide bonds. The lowest BCUT2D eigenvalue weighted by atomic mass is 9.83. The number of halogens is 1. The molecule has 10 nitrogen and oxygen atoms in total. The lowest BCUT2D eigenvalue weighted by Gasteiger charge is -2.48. The van der Waals surface area contributed by atoms with Gasteiger partial charge in [-0.25, -0.2) is 4.39 Å². The van der Waals surface area contributed by atoms with Crippen molar-refractivity contribution in [2.45, 2.75) is 69.3 Å². The van der Waals surface area contributed by atoms with Crippen LogP contribution in [-0.4, -0.2) is 67.2 Å². The monoisotopic (exact) mass is 579 g/mol. The Morgan fingerprint density at radius 2 is 1.93 bits per heavy atom. The number of rotatable bonds is 8. The Bertz CT molecular complexity index is 1540. The summed E-state index contributed by atoms with van der Waals surface area (Å²) in [7, 11) is 3.08. The summed E-state index contributed by atoms with van der Waals surface area (Å²) in [6.07, 6.45) is 4.09. The molecule has 2 N–H and O–H groups in total. The molecule has 222 valence electrons. The van der Waals surface area contributed by atoms with Crippen molar-refractivity contribution in [2.75, 3.05) is 20.8 Å². The molecule has 11 heteroatoms. The number of hydrogen-bond donors (Lipinski definition) is 2. The Labute approximate surface area is 242 Å². The van der Waals surface area contributed by atoms with E-state index in [1.54, 1.807) is 32.2 Å². The van der Waals surface area contributed by atoms with Gasteiger partial charge in [-0.15, -0.1) is 0 Å². The average Bonchev–Trinajstić information content (AvgIpc) is 3.26. The molecule has 1 aromatic heterocycles. The number of furan rings is 1. The molecule has 0 spiro atoms. The van der Waals surface area contributed by atoms with Crippen molar-refractivity contribution in [1.29, 1.82) is 0 Å². The van der Waals surface area contributed by atoms with E-state index in [1.807, 2.05) is 0 Å². The molecule has 1 unspecified atom stereocenters. The number of amides is 3. The van der Waals surface area contributed by atoms with E-state index in [-0.39, 0.29) is 48.8 Å². The number of carbonyl (C=O) groups is 3. The Hall–Kier alpha value is -4.12. The maximum Gasteiger partial charge on any atom is 0.294 e. The van der Waals surface area contributed by atoms with E-state index in [0.717, 1.165) is 19.3 Å². The molecule has 0 radical (unpaired) electrons. The lowest BCUT2D eigenvalue weighted by Crippen LogP contribution is -2.66. The largest absolute Gasteiger partial charge is 0.496 e. The second kappa shape index (κ2) is 10.9. The van der Waals surface area contributed by atoms with Crippen LogP contribution in [0.4, 0.5) is 4.39 Å². The predicted molar refractivity (Wildman–Crippen MR) is 150 cm³/mol. The highest BCUT2D eigenvalue weighted by Gasteiger charge is 2.53. The molecule has 2 saturated carbocycles. The molecule has 2 aromatic carbocycles. The van der Waals surface area contributed by atoms with Crippen LogP contribution in [0.2, 0.25) is 0 Å². The summed E-state index contributed by atoms with van der Waals surface area (Å²) in [5.41, 5.74) is -0.178. The van der Waals surface area contributed by atoms with Gasteiger partial charge in [-0.3, -0.25) is 14.4 Å². The van der Waals surface area contributed by atoms with E-state index >= 15 is 0 Å². The Morgan fingerprint density at radius 1 is 1.14 bits per heavy atom. The van der Waals surface area contributed by atoms with Crippen LogP contribution in [-0.2, 0) is 16.1 Å². The highest BCUT2D eigenvalue weighted by molar-refractivity contribution is 6.06. The van der Waals surface area contributed by atoms with Crippen molar-refractivity contribution < 1.29 is 37.4 Å². The molecule has 6 rings (SSSR count). The first kappa shape index (κ1) is 28.0. The summed E-state index contributed by atoms with van der Waals surface area (Å²) in [5.74, 6) is -0.961. The van der Waals surface area contributed by atoms with Gasteiger partial charge in [-0.1, -0.05) is 0 Å². The normalized spacial score (nSPS) is 23.7. The Kier molecular flexibility index (Phi) is 7.30. The second-order valence-electron chi connectivity index (χ2n) is 11.4. The average molecular weight is 580 g/mol. The smallest absolute Gasteiger partial charge is 0.294 e. The van der Waals surface area contributed by atoms with E-state index in [2.05, 4.69) is 10.6 Å². The summed E-state index contributed by atoms with van der Waals surface area (Å²) in [5, 5.41) is 6.40. The zero-order valence-electron chi connectivity index (χ0n) is 23.8. The molecule has 2 heterocycles. The standard InChI is InChI=1S/C31H34FN3O7/c1-31(30(38)33-15-18-11-19(32)8-10-24(18)40-3)16-41-26-23-9-7-17(28(36)34-20-5-4-6-20)12-25(23)42-27(26)29(37)35(31)21-13-22(14-21)39-2/h7-12,20-22H,4-6,13-16H2,1-3H3,(H,33,38)(H,34,36)/t21-,22+,31?. The van der Waals surface area contributed by atoms with E-state index in [0.29, 0.717) is 40.7 Å². The lowest BCUT2D eigenvalue weighted by molar-refractivity contribution is -0.138. The van der Waals surface area contributed by atoms with Gasteiger partial charge in [0, 0.05) is 36.9 Å². The number of hydrogen-bond acceptors (Lipinski definition) is 7. The van der Waals surface area contributed by atoms with Crippen LogP contribution >= 0.6 is 0 Å². The van der Waals surface area contributed by atoms with Crippen LogP contribution in [0.1, 0.15) is 65.5 Å². The maximum atomic E-state index is 14.2. The van der Waals surface area contributed by atoms with Crippen molar-refractivity contribution in [2.24, 2.45) is 0 Å². The fourth-order valence-electron chi connectivity index (χ4n) is 5.87. The minimum atomic E-state index is -1.42. The Morgan fingerprint density at radius 3 is 2.62 bits per heavy atom. The van der Waals surface area contributed by atoms with Crippen LogP contribution in [0.25, 0.3) is 11.0 Å². The molecular weight excluding hydrogens is 545 g/mol. The SMILES string of the molecule is COc1ccc(F)cc1CNC(=O)C1(C)COc2c(oc3cc(C(=O)NC4CCC4)ccc23)C(=O)N1[C@H]1C[C@@H](OC)C1. The number of carbonyl (C=O) groups excluding carboxylic acids is 3. The Balaban J connectivity index is 1.30. The van der Waals surface area contributed by atoms with Crippen LogP contribution < -0.4 is 20.1 Å². The molecule has 0 saturated heterocycles. The molecule has 2 aliphatic carbocycles.